The highest BCUT2D eigenvalue weighted by Crippen LogP contribution is 2.21. The third kappa shape index (κ3) is 4.17. The number of nitrogen functional groups attached to an aromatic ring is 1. The van der Waals surface area contributed by atoms with Crippen LogP contribution in [-0.4, -0.2) is 50.7 Å². The van der Waals surface area contributed by atoms with Crippen molar-refractivity contribution in [2.45, 2.75) is 17.9 Å². The third-order valence-electron chi connectivity index (χ3n) is 4.56. The molecule has 0 amide bonds. The van der Waals surface area contributed by atoms with E-state index in [1.807, 2.05) is 0 Å². The van der Waals surface area contributed by atoms with Crippen LogP contribution < -0.4 is 21.7 Å². The van der Waals surface area contributed by atoms with Gasteiger partial charge in [0.25, 0.3) is 5.56 Å². The molecule has 1 aromatic carbocycles. The second-order valence-corrected chi connectivity index (χ2v) is 8.94. The van der Waals surface area contributed by atoms with Gasteiger partial charge in [0.1, 0.15) is 33.4 Å². The predicted octanol–water partition coefficient (Wildman–Crippen LogP) is -1.24. The largest absolute Gasteiger partial charge is 0.456 e. The number of esters is 1. The number of hydrogen-bond donors (Lipinski definition) is 2. The maximum atomic E-state index is 12.7. The first kappa shape index (κ1) is 23.2. The number of rotatable bonds is 7. The maximum absolute atomic E-state index is 12.7. The van der Waals surface area contributed by atoms with Crippen molar-refractivity contribution in [3.8, 4) is 0 Å². The summed E-state index contributed by atoms with van der Waals surface area (Å²) in [5.74, 6) is -2.39. The van der Waals surface area contributed by atoms with Crippen LogP contribution in [0.2, 0.25) is 0 Å². The number of Topliss-reactive ketones (excluding diaryl/α,β-unsaturated/α-hetero) is 1. The number of sulfonamides is 1. The number of nitrogens with two attached hydrogens (primary N) is 1. The lowest BCUT2D eigenvalue weighted by Crippen LogP contribution is -2.43. The van der Waals surface area contributed by atoms with Crippen LogP contribution >= 0.6 is 11.7 Å². The number of fused-ring (bicyclic) bond motifs is 1. The smallest absolute Gasteiger partial charge is 0.332 e. The van der Waals surface area contributed by atoms with Crippen molar-refractivity contribution in [3.05, 3.63) is 44.6 Å². The van der Waals surface area contributed by atoms with Gasteiger partial charge >= 0.3 is 11.7 Å². The van der Waals surface area contributed by atoms with Gasteiger partial charge in [-0.15, -0.1) is 0 Å². The summed E-state index contributed by atoms with van der Waals surface area (Å²) in [6.07, 6.45) is 0. The van der Waals surface area contributed by atoms with Crippen molar-refractivity contribution in [2.75, 3.05) is 12.3 Å². The van der Waals surface area contributed by atoms with E-state index in [1.165, 1.54) is 33.2 Å². The number of hydrogen-bond acceptors (Lipinski definition) is 11. The summed E-state index contributed by atoms with van der Waals surface area (Å²) in [5, 5.41) is 0. The number of carbonyl (C=O) groups excluding carboxylic acids is 2. The average Bonchev–Trinajstić information content (AvgIpc) is 3.23. The maximum Gasteiger partial charge on any atom is 0.332 e. The Bertz CT molecular complexity index is 1450. The van der Waals surface area contributed by atoms with Crippen molar-refractivity contribution in [3.63, 3.8) is 0 Å². The molecule has 32 heavy (non-hydrogen) atoms. The molecule has 0 aliphatic rings. The first-order valence-corrected chi connectivity index (χ1v) is 11.2. The summed E-state index contributed by atoms with van der Waals surface area (Å²) in [5.41, 5.74) is 4.05. The number of aromatic nitrogens is 4. The lowest BCUT2D eigenvalue weighted by molar-refractivity contribution is -0.144. The van der Waals surface area contributed by atoms with Gasteiger partial charge in [-0.2, -0.15) is 13.5 Å². The fourth-order valence-corrected chi connectivity index (χ4v) is 4.76. The highest BCUT2D eigenvalue weighted by molar-refractivity contribution is 7.89. The van der Waals surface area contributed by atoms with Gasteiger partial charge in [0.05, 0.1) is 11.7 Å². The van der Waals surface area contributed by atoms with E-state index >= 15 is 0 Å². The molecule has 13 nitrogen and oxygen atoms in total. The van der Waals surface area contributed by atoms with Crippen LogP contribution in [0.3, 0.4) is 0 Å². The monoisotopic (exact) mass is 482 g/mol. The Labute approximate surface area is 184 Å². The van der Waals surface area contributed by atoms with Gasteiger partial charge in [0, 0.05) is 14.1 Å². The SMILES string of the molecule is C[C@@H](NS(=O)(=O)c1cccc2nsnc12)C(=O)OCC(=O)c1c(N)n(C)c(=O)n(C)c1=O. The van der Waals surface area contributed by atoms with E-state index < -0.39 is 51.2 Å². The summed E-state index contributed by atoms with van der Waals surface area (Å²) >= 11 is 0.843. The van der Waals surface area contributed by atoms with Crippen LogP contribution in [-0.2, 0) is 33.7 Å². The quantitative estimate of drug-likeness (QED) is 0.305. The van der Waals surface area contributed by atoms with Crippen molar-refractivity contribution >= 4 is 50.4 Å². The molecule has 0 bridgehead atoms. The number of nitrogens with zero attached hydrogens (tertiary/aromatic N) is 4. The molecule has 0 aliphatic heterocycles. The second kappa shape index (κ2) is 8.60. The van der Waals surface area contributed by atoms with E-state index in [-0.39, 0.29) is 16.2 Å². The molecule has 0 fully saturated rings. The lowest BCUT2D eigenvalue weighted by atomic mass is 10.2. The molecule has 0 aliphatic carbocycles. The predicted molar refractivity (Wildman–Crippen MR) is 114 cm³/mol. The Morgan fingerprint density at radius 3 is 2.59 bits per heavy atom. The molecule has 0 spiro atoms. The van der Waals surface area contributed by atoms with Crippen molar-refractivity contribution in [1.29, 1.82) is 0 Å². The van der Waals surface area contributed by atoms with Crippen molar-refractivity contribution < 1.29 is 22.7 Å². The zero-order valence-corrected chi connectivity index (χ0v) is 18.7. The topological polar surface area (TPSA) is 185 Å². The van der Waals surface area contributed by atoms with Crippen LogP contribution in [0.1, 0.15) is 17.3 Å². The highest BCUT2D eigenvalue weighted by Gasteiger charge is 2.27. The second-order valence-electron chi connectivity index (χ2n) is 6.73. The third-order valence-corrected chi connectivity index (χ3v) is 6.67. The summed E-state index contributed by atoms with van der Waals surface area (Å²) in [4.78, 5) is 48.6. The lowest BCUT2D eigenvalue weighted by Gasteiger charge is -2.14. The Balaban J connectivity index is 1.73. The van der Waals surface area contributed by atoms with Crippen LogP contribution in [0.5, 0.6) is 0 Å². The molecule has 2 aromatic heterocycles. The molecule has 170 valence electrons. The van der Waals surface area contributed by atoms with Crippen LogP contribution in [0.4, 0.5) is 5.82 Å². The molecule has 3 N–H and O–H groups in total. The molecule has 0 radical (unpaired) electrons. The van der Waals surface area contributed by atoms with E-state index in [0.29, 0.717) is 10.1 Å². The average molecular weight is 483 g/mol. The molecule has 3 aromatic rings. The van der Waals surface area contributed by atoms with E-state index in [2.05, 4.69) is 13.5 Å². The Hall–Kier alpha value is -3.43. The van der Waals surface area contributed by atoms with Crippen LogP contribution in [0.15, 0.2) is 32.7 Å². The van der Waals surface area contributed by atoms with Crippen molar-refractivity contribution in [1.82, 2.24) is 22.6 Å². The van der Waals surface area contributed by atoms with E-state index in [1.54, 1.807) is 6.07 Å². The fraction of sp³-hybridized carbons (Fsp3) is 0.294. The van der Waals surface area contributed by atoms with Gasteiger partial charge in [-0.05, 0) is 19.1 Å². The Kier molecular flexibility index (Phi) is 6.25. The molecule has 1 atom stereocenters. The number of ketones is 1. The van der Waals surface area contributed by atoms with E-state index in [9.17, 15) is 27.6 Å². The van der Waals surface area contributed by atoms with Gasteiger partial charge in [-0.3, -0.25) is 23.5 Å². The molecule has 0 unspecified atom stereocenters. The molecule has 0 saturated carbocycles. The summed E-state index contributed by atoms with van der Waals surface area (Å²) < 4.78 is 41.9. The molecule has 2 heterocycles. The number of ether oxygens (including phenoxy) is 1. The number of benzene rings is 1. The van der Waals surface area contributed by atoms with Crippen molar-refractivity contribution in [2.24, 2.45) is 14.1 Å². The summed E-state index contributed by atoms with van der Waals surface area (Å²) in [7, 11) is -1.72. The first-order chi connectivity index (χ1) is 15.0. The van der Waals surface area contributed by atoms with Gasteiger partial charge in [-0.1, -0.05) is 6.07 Å². The number of carbonyl (C=O) groups is 2. The minimum Gasteiger partial charge on any atom is -0.456 e. The summed E-state index contributed by atoms with van der Waals surface area (Å²) in [6.45, 7) is 0.345. The minimum atomic E-state index is -4.16. The highest BCUT2D eigenvalue weighted by atomic mass is 32.2. The first-order valence-electron chi connectivity index (χ1n) is 8.94. The fourth-order valence-electron chi connectivity index (χ4n) is 2.80. The molecular formula is C17H18N6O7S2. The van der Waals surface area contributed by atoms with E-state index in [4.69, 9.17) is 10.5 Å². The van der Waals surface area contributed by atoms with E-state index in [0.717, 1.165) is 16.3 Å². The minimum absolute atomic E-state index is 0.154. The van der Waals surface area contributed by atoms with Gasteiger partial charge in [0.2, 0.25) is 15.8 Å². The van der Waals surface area contributed by atoms with Crippen LogP contribution in [0.25, 0.3) is 11.0 Å². The van der Waals surface area contributed by atoms with Crippen LogP contribution in [0, 0.1) is 0 Å². The van der Waals surface area contributed by atoms with Gasteiger partial charge < -0.3 is 10.5 Å². The zero-order valence-electron chi connectivity index (χ0n) is 17.1. The van der Waals surface area contributed by atoms with Gasteiger partial charge in [0.15, 0.2) is 6.61 Å². The molecule has 3 rings (SSSR count). The molecular weight excluding hydrogens is 464 g/mol. The normalized spacial score (nSPS) is 12.6. The Morgan fingerprint density at radius 2 is 1.91 bits per heavy atom. The Morgan fingerprint density at radius 1 is 1.22 bits per heavy atom. The number of anilines is 1. The molecule has 15 heteroatoms. The van der Waals surface area contributed by atoms with Gasteiger partial charge in [-0.25, -0.2) is 13.2 Å². The standard InChI is InChI=1S/C17H18N6O7S2/c1-8(21-32(28,29)11-6-4-5-9-13(11)20-31-19-9)16(26)30-7-10(24)12-14(18)22(2)17(27)23(3)15(12)25/h4-6,8,21H,7,18H2,1-3H3/t8-/m1/s1. The number of nitrogens with one attached hydrogen (secondary N) is 1. The summed E-state index contributed by atoms with van der Waals surface area (Å²) in [6, 6.07) is 3.02. The molecule has 0 saturated heterocycles. The zero-order chi connectivity index (χ0) is 23.8.